The molecule has 1 aromatic rings. The lowest BCUT2D eigenvalue weighted by Gasteiger charge is -2.27. The van der Waals surface area contributed by atoms with E-state index in [4.69, 9.17) is 5.73 Å². The van der Waals surface area contributed by atoms with Crippen LogP contribution in [-0.4, -0.2) is 25.0 Å². The highest BCUT2D eigenvalue weighted by Gasteiger charge is 2.29. The largest absolute Gasteiger partial charge is 0.396 e. The maximum absolute atomic E-state index is 12.2. The lowest BCUT2D eigenvalue weighted by molar-refractivity contribution is 0.0956. The Morgan fingerprint density at radius 1 is 1.35 bits per heavy atom. The summed E-state index contributed by atoms with van der Waals surface area (Å²) in [7, 11) is 0. The molecule has 0 bridgehead atoms. The van der Waals surface area contributed by atoms with Gasteiger partial charge in [0, 0.05) is 19.1 Å². The maximum Gasteiger partial charge on any atom is 0.263 e. The molecule has 1 amide bonds. The molecule has 20 heavy (non-hydrogen) atoms. The Bertz CT molecular complexity index is 564. The van der Waals surface area contributed by atoms with Gasteiger partial charge in [-0.1, -0.05) is 0 Å². The van der Waals surface area contributed by atoms with E-state index in [1.807, 2.05) is 0 Å². The number of nitrogens with zero attached hydrogens (tertiary/aromatic N) is 2. The van der Waals surface area contributed by atoms with Gasteiger partial charge in [0.25, 0.3) is 5.91 Å². The van der Waals surface area contributed by atoms with Crippen LogP contribution in [0.1, 0.15) is 47.3 Å². The molecule has 3 N–H and O–H groups in total. The minimum atomic E-state index is -0.130. The third-order valence-electron chi connectivity index (χ3n) is 3.80. The molecular formula is C14H18N4OS. The molecule has 0 atom stereocenters. The molecule has 0 spiro atoms. The fourth-order valence-electron chi connectivity index (χ4n) is 2.51. The van der Waals surface area contributed by atoms with Crippen LogP contribution in [0.5, 0.6) is 0 Å². The van der Waals surface area contributed by atoms with Gasteiger partial charge in [-0.05, 0) is 32.1 Å². The van der Waals surface area contributed by atoms with Crippen molar-refractivity contribution in [2.75, 3.05) is 23.7 Å². The fourth-order valence-corrected chi connectivity index (χ4v) is 3.63. The highest BCUT2D eigenvalue weighted by atomic mass is 32.1. The zero-order valence-electron chi connectivity index (χ0n) is 11.3. The average Bonchev–Trinajstić information content (AvgIpc) is 3.21. The summed E-state index contributed by atoms with van der Waals surface area (Å²) in [4.78, 5) is 14.9. The minimum absolute atomic E-state index is 0.130. The molecule has 2 heterocycles. The van der Waals surface area contributed by atoms with Crippen molar-refractivity contribution in [3.8, 4) is 6.07 Å². The number of amides is 1. The van der Waals surface area contributed by atoms with Crippen LogP contribution < -0.4 is 16.0 Å². The molecular weight excluding hydrogens is 272 g/mol. The summed E-state index contributed by atoms with van der Waals surface area (Å²) < 4.78 is 0. The van der Waals surface area contributed by atoms with E-state index < -0.39 is 0 Å². The first-order valence-electron chi connectivity index (χ1n) is 7.09. The molecule has 0 unspecified atom stereocenters. The Balaban J connectivity index is 1.89. The van der Waals surface area contributed by atoms with Gasteiger partial charge in [0.2, 0.25) is 0 Å². The smallest absolute Gasteiger partial charge is 0.263 e. The molecule has 1 aliphatic heterocycles. The first kappa shape index (κ1) is 13.3. The van der Waals surface area contributed by atoms with Crippen molar-refractivity contribution in [2.24, 2.45) is 0 Å². The van der Waals surface area contributed by atoms with Crippen molar-refractivity contribution >= 4 is 27.9 Å². The normalized spacial score (nSPS) is 18.6. The van der Waals surface area contributed by atoms with Gasteiger partial charge in [0.05, 0.1) is 5.69 Å². The van der Waals surface area contributed by atoms with E-state index >= 15 is 0 Å². The molecule has 2 aliphatic rings. The molecule has 6 heteroatoms. The standard InChI is InChI=1S/C14H18N4OS/c15-8-10-11(16)12(13(19)17-9-4-5-9)20-14(10)18-6-2-1-3-7-18/h9H,1-7,16H2,(H,17,19). The van der Waals surface area contributed by atoms with Crippen LogP contribution in [0.4, 0.5) is 10.7 Å². The fraction of sp³-hybridized carbons (Fsp3) is 0.571. The molecule has 1 aliphatic carbocycles. The van der Waals surface area contributed by atoms with Crippen molar-refractivity contribution in [3.05, 3.63) is 10.4 Å². The molecule has 0 radical (unpaired) electrons. The molecule has 2 fully saturated rings. The average molecular weight is 290 g/mol. The lowest BCUT2D eigenvalue weighted by Crippen LogP contribution is -2.29. The Kier molecular flexibility index (Phi) is 3.53. The van der Waals surface area contributed by atoms with E-state index in [0.717, 1.165) is 43.8 Å². The van der Waals surface area contributed by atoms with Crippen LogP contribution in [0.3, 0.4) is 0 Å². The van der Waals surface area contributed by atoms with Crippen molar-refractivity contribution in [3.63, 3.8) is 0 Å². The first-order valence-corrected chi connectivity index (χ1v) is 7.90. The number of nitrogens with one attached hydrogen (secondary N) is 1. The molecule has 3 rings (SSSR count). The summed E-state index contributed by atoms with van der Waals surface area (Å²) in [5.74, 6) is -0.130. The predicted octanol–water partition coefficient (Wildman–Crippen LogP) is 2.08. The number of carbonyl (C=O) groups is 1. The zero-order chi connectivity index (χ0) is 14.1. The van der Waals surface area contributed by atoms with Crippen LogP contribution in [0.2, 0.25) is 0 Å². The van der Waals surface area contributed by atoms with Gasteiger partial charge in [-0.15, -0.1) is 11.3 Å². The Morgan fingerprint density at radius 2 is 2.05 bits per heavy atom. The van der Waals surface area contributed by atoms with E-state index in [9.17, 15) is 10.1 Å². The second-order valence-corrected chi connectivity index (χ2v) is 6.43. The second kappa shape index (κ2) is 5.33. The molecule has 1 saturated heterocycles. The summed E-state index contributed by atoms with van der Waals surface area (Å²) in [6, 6.07) is 2.47. The Hall–Kier alpha value is -1.74. The van der Waals surface area contributed by atoms with Crippen LogP contribution in [0.25, 0.3) is 0 Å². The van der Waals surface area contributed by atoms with E-state index in [0.29, 0.717) is 22.2 Å². The van der Waals surface area contributed by atoms with E-state index in [1.54, 1.807) is 0 Å². The van der Waals surface area contributed by atoms with Crippen molar-refractivity contribution in [2.45, 2.75) is 38.1 Å². The number of hydrogen-bond acceptors (Lipinski definition) is 5. The summed E-state index contributed by atoms with van der Waals surface area (Å²) in [5.41, 5.74) is 6.83. The van der Waals surface area contributed by atoms with Crippen molar-refractivity contribution in [1.29, 1.82) is 5.26 Å². The van der Waals surface area contributed by atoms with Gasteiger partial charge in [-0.25, -0.2) is 0 Å². The Morgan fingerprint density at radius 3 is 2.65 bits per heavy atom. The molecule has 106 valence electrons. The predicted molar refractivity (Wildman–Crippen MR) is 80.0 cm³/mol. The number of nitrogens with two attached hydrogens (primary N) is 1. The van der Waals surface area contributed by atoms with Crippen LogP contribution in [-0.2, 0) is 0 Å². The zero-order valence-corrected chi connectivity index (χ0v) is 12.1. The number of piperidine rings is 1. The van der Waals surface area contributed by atoms with E-state index in [2.05, 4.69) is 16.3 Å². The van der Waals surface area contributed by atoms with Crippen molar-refractivity contribution < 1.29 is 4.79 Å². The number of nitriles is 1. The molecule has 1 saturated carbocycles. The molecule has 0 aromatic carbocycles. The van der Waals surface area contributed by atoms with Gasteiger partial charge >= 0.3 is 0 Å². The van der Waals surface area contributed by atoms with E-state index in [-0.39, 0.29) is 5.91 Å². The van der Waals surface area contributed by atoms with Gasteiger partial charge in [0.1, 0.15) is 21.5 Å². The van der Waals surface area contributed by atoms with Crippen LogP contribution in [0, 0.1) is 11.3 Å². The first-order chi connectivity index (χ1) is 9.70. The lowest BCUT2D eigenvalue weighted by atomic mass is 10.1. The third-order valence-corrected chi connectivity index (χ3v) is 5.07. The summed E-state index contributed by atoms with van der Waals surface area (Å²) in [6.07, 6.45) is 5.58. The van der Waals surface area contributed by atoms with Crippen LogP contribution in [0.15, 0.2) is 0 Å². The minimum Gasteiger partial charge on any atom is -0.396 e. The highest BCUT2D eigenvalue weighted by Crippen LogP contribution is 2.39. The Labute approximate surface area is 122 Å². The quantitative estimate of drug-likeness (QED) is 0.893. The summed E-state index contributed by atoms with van der Waals surface area (Å²) >= 11 is 1.36. The number of thiophene rings is 1. The molecule has 5 nitrogen and oxygen atoms in total. The van der Waals surface area contributed by atoms with Gasteiger partial charge < -0.3 is 16.0 Å². The molecule has 1 aromatic heterocycles. The maximum atomic E-state index is 12.2. The highest BCUT2D eigenvalue weighted by molar-refractivity contribution is 7.19. The van der Waals surface area contributed by atoms with Crippen molar-refractivity contribution in [1.82, 2.24) is 5.32 Å². The van der Waals surface area contributed by atoms with Gasteiger partial charge in [-0.3, -0.25) is 4.79 Å². The van der Waals surface area contributed by atoms with Gasteiger partial charge in [0.15, 0.2) is 0 Å². The van der Waals surface area contributed by atoms with E-state index in [1.165, 1.54) is 17.8 Å². The van der Waals surface area contributed by atoms with Crippen LogP contribution >= 0.6 is 11.3 Å². The summed E-state index contributed by atoms with van der Waals surface area (Å²) in [6.45, 7) is 1.89. The summed E-state index contributed by atoms with van der Waals surface area (Å²) in [5, 5.41) is 13.1. The van der Waals surface area contributed by atoms with Gasteiger partial charge in [-0.2, -0.15) is 5.26 Å². The number of rotatable bonds is 3. The third kappa shape index (κ3) is 2.46. The topological polar surface area (TPSA) is 82.2 Å². The monoisotopic (exact) mass is 290 g/mol. The second-order valence-electron chi connectivity index (χ2n) is 5.43. The number of carbonyl (C=O) groups excluding carboxylic acids is 1. The number of anilines is 2. The number of hydrogen-bond donors (Lipinski definition) is 2. The SMILES string of the molecule is N#Cc1c(N2CCCCC2)sc(C(=O)NC2CC2)c1N. The number of nitrogen functional groups attached to an aromatic ring is 1.